The molecule has 1 amide bonds. The van der Waals surface area contributed by atoms with E-state index >= 15 is 0 Å². The van der Waals surface area contributed by atoms with E-state index in [2.05, 4.69) is 11.6 Å². The Labute approximate surface area is 95.4 Å². The van der Waals surface area contributed by atoms with Crippen molar-refractivity contribution in [2.75, 3.05) is 0 Å². The molecule has 0 bridgehead atoms. The molecule has 0 atom stereocenters. The molecule has 84 valence electrons. The molecular formula is C13H16N2O. The van der Waals surface area contributed by atoms with Crippen molar-refractivity contribution in [1.29, 1.82) is 0 Å². The number of aromatic nitrogens is 1. The molecule has 1 aromatic heterocycles. The smallest absolute Gasteiger partial charge is 0.267 e. The summed E-state index contributed by atoms with van der Waals surface area (Å²) >= 11 is 0. The Bertz CT molecular complexity index is 404. The van der Waals surface area contributed by atoms with E-state index < -0.39 is 5.91 Å². The zero-order valence-corrected chi connectivity index (χ0v) is 9.28. The lowest BCUT2D eigenvalue weighted by atomic mass is 10.0. The zero-order valence-electron chi connectivity index (χ0n) is 9.28. The van der Waals surface area contributed by atoms with Crippen LogP contribution in [0.4, 0.5) is 0 Å². The summed E-state index contributed by atoms with van der Waals surface area (Å²) in [7, 11) is 0. The maximum absolute atomic E-state index is 10.8. The Kier molecular flexibility index (Phi) is 3.04. The van der Waals surface area contributed by atoms with Gasteiger partial charge < -0.3 is 5.73 Å². The molecule has 0 unspecified atom stereocenters. The largest absolute Gasteiger partial charge is 0.364 e. The van der Waals surface area contributed by atoms with Crippen LogP contribution in [0.2, 0.25) is 0 Å². The fraction of sp³-hybridized carbons (Fsp3) is 0.385. The number of amides is 1. The number of carbonyl (C=O) groups is 1. The van der Waals surface area contributed by atoms with Gasteiger partial charge in [-0.3, -0.25) is 9.78 Å². The van der Waals surface area contributed by atoms with Crippen LogP contribution in [0.5, 0.6) is 0 Å². The average molecular weight is 216 g/mol. The number of pyridine rings is 1. The van der Waals surface area contributed by atoms with Gasteiger partial charge in [-0.25, -0.2) is 0 Å². The summed E-state index contributed by atoms with van der Waals surface area (Å²) in [4.78, 5) is 14.8. The van der Waals surface area contributed by atoms with Crippen molar-refractivity contribution in [3.05, 3.63) is 36.2 Å². The van der Waals surface area contributed by atoms with Crippen molar-refractivity contribution in [2.45, 2.75) is 25.7 Å². The lowest BCUT2D eigenvalue weighted by Gasteiger charge is -2.05. The Morgan fingerprint density at radius 1 is 1.50 bits per heavy atom. The molecule has 1 fully saturated rings. The predicted molar refractivity (Wildman–Crippen MR) is 63.7 cm³/mol. The second kappa shape index (κ2) is 4.47. The van der Waals surface area contributed by atoms with Gasteiger partial charge in [0.2, 0.25) is 0 Å². The van der Waals surface area contributed by atoms with E-state index in [1.807, 2.05) is 6.07 Å². The number of hydrogen-bond donors (Lipinski definition) is 1. The summed E-state index contributed by atoms with van der Waals surface area (Å²) in [6, 6.07) is 3.52. The molecule has 2 rings (SSSR count). The van der Waals surface area contributed by atoms with E-state index in [1.165, 1.54) is 19.3 Å². The van der Waals surface area contributed by atoms with Gasteiger partial charge in [-0.2, -0.15) is 0 Å². The molecule has 1 aliphatic carbocycles. The first-order valence-corrected chi connectivity index (χ1v) is 5.61. The Hall–Kier alpha value is -1.64. The summed E-state index contributed by atoms with van der Waals surface area (Å²) in [5.74, 6) is 0.421. The standard InChI is InChI=1S/C13H16N2O/c1-9(2-3-10-4-5-10)11-6-7-12(13(14)16)15-8-11/h6-8,10H,1-5H2,(H2,14,16). The molecule has 0 aliphatic heterocycles. The van der Waals surface area contributed by atoms with Gasteiger partial charge in [-0.05, 0) is 36.0 Å². The number of nitrogens with two attached hydrogens (primary N) is 1. The van der Waals surface area contributed by atoms with E-state index in [1.54, 1.807) is 12.3 Å². The first kappa shape index (κ1) is 10.9. The molecule has 1 aromatic rings. The van der Waals surface area contributed by atoms with Crippen LogP contribution in [-0.2, 0) is 0 Å². The first-order chi connectivity index (χ1) is 7.66. The van der Waals surface area contributed by atoms with Crippen molar-refractivity contribution >= 4 is 11.5 Å². The van der Waals surface area contributed by atoms with Crippen molar-refractivity contribution in [3.63, 3.8) is 0 Å². The normalized spacial score (nSPS) is 14.8. The van der Waals surface area contributed by atoms with E-state index in [9.17, 15) is 4.79 Å². The second-order valence-corrected chi connectivity index (χ2v) is 4.38. The fourth-order valence-electron chi connectivity index (χ4n) is 1.68. The van der Waals surface area contributed by atoms with E-state index in [0.717, 1.165) is 23.5 Å². The highest BCUT2D eigenvalue weighted by atomic mass is 16.1. The lowest BCUT2D eigenvalue weighted by molar-refractivity contribution is 0.0995. The van der Waals surface area contributed by atoms with Gasteiger partial charge >= 0.3 is 0 Å². The molecule has 0 radical (unpaired) electrons. The van der Waals surface area contributed by atoms with Crippen LogP contribution >= 0.6 is 0 Å². The van der Waals surface area contributed by atoms with Crippen molar-refractivity contribution in [3.8, 4) is 0 Å². The third kappa shape index (κ3) is 2.69. The number of allylic oxidation sites excluding steroid dienone is 1. The summed E-state index contributed by atoms with van der Waals surface area (Å²) in [5.41, 5.74) is 7.53. The summed E-state index contributed by atoms with van der Waals surface area (Å²) in [6.45, 7) is 4.04. The highest BCUT2D eigenvalue weighted by Gasteiger charge is 2.20. The maximum Gasteiger partial charge on any atom is 0.267 e. The zero-order chi connectivity index (χ0) is 11.5. The predicted octanol–water partition coefficient (Wildman–Crippen LogP) is 2.38. The van der Waals surface area contributed by atoms with E-state index in [0.29, 0.717) is 5.69 Å². The summed E-state index contributed by atoms with van der Waals surface area (Å²) in [6.07, 6.45) is 6.65. The van der Waals surface area contributed by atoms with Gasteiger partial charge in [0.1, 0.15) is 5.69 Å². The SMILES string of the molecule is C=C(CCC1CC1)c1ccc(C(N)=O)nc1. The van der Waals surface area contributed by atoms with E-state index in [4.69, 9.17) is 5.73 Å². The van der Waals surface area contributed by atoms with Crippen LogP contribution in [-0.4, -0.2) is 10.9 Å². The molecule has 3 nitrogen and oxygen atoms in total. The number of hydrogen-bond acceptors (Lipinski definition) is 2. The number of primary amides is 1. The van der Waals surface area contributed by atoms with E-state index in [-0.39, 0.29) is 0 Å². The molecule has 1 saturated carbocycles. The quantitative estimate of drug-likeness (QED) is 0.821. The Morgan fingerprint density at radius 3 is 2.75 bits per heavy atom. The Balaban J connectivity index is 1.96. The van der Waals surface area contributed by atoms with Crippen LogP contribution in [0.3, 0.4) is 0 Å². The first-order valence-electron chi connectivity index (χ1n) is 5.61. The molecule has 2 N–H and O–H groups in total. The minimum Gasteiger partial charge on any atom is -0.364 e. The van der Waals surface area contributed by atoms with Crippen LogP contribution < -0.4 is 5.73 Å². The van der Waals surface area contributed by atoms with Gasteiger partial charge in [0.15, 0.2) is 0 Å². The number of rotatable bonds is 5. The number of carbonyl (C=O) groups excluding carboxylic acids is 1. The number of nitrogens with zero attached hydrogens (tertiary/aromatic N) is 1. The maximum atomic E-state index is 10.8. The third-order valence-corrected chi connectivity index (χ3v) is 2.98. The van der Waals surface area contributed by atoms with Crippen molar-refractivity contribution in [2.24, 2.45) is 11.7 Å². The topological polar surface area (TPSA) is 56.0 Å². The van der Waals surface area contributed by atoms with Crippen molar-refractivity contribution in [1.82, 2.24) is 4.98 Å². The van der Waals surface area contributed by atoms with Crippen LogP contribution in [0.25, 0.3) is 5.57 Å². The van der Waals surface area contributed by atoms with Crippen molar-refractivity contribution < 1.29 is 4.79 Å². The monoisotopic (exact) mass is 216 g/mol. The molecule has 1 heterocycles. The molecule has 0 aromatic carbocycles. The average Bonchev–Trinajstić information content (AvgIpc) is 3.10. The minimum absolute atomic E-state index is 0.304. The van der Waals surface area contributed by atoms with Gasteiger partial charge in [0.05, 0.1) is 0 Å². The molecule has 3 heteroatoms. The molecule has 0 spiro atoms. The highest BCUT2D eigenvalue weighted by molar-refractivity contribution is 5.90. The highest BCUT2D eigenvalue weighted by Crippen LogP contribution is 2.35. The van der Waals surface area contributed by atoms with Crippen LogP contribution in [0.15, 0.2) is 24.9 Å². The summed E-state index contributed by atoms with van der Waals surface area (Å²) in [5, 5.41) is 0. The van der Waals surface area contributed by atoms with Gasteiger partial charge in [0, 0.05) is 6.20 Å². The molecule has 16 heavy (non-hydrogen) atoms. The van der Waals surface area contributed by atoms with Crippen LogP contribution in [0.1, 0.15) is 41.7 Å². The lowest BCUT2D eigenvalue weighted by Crippen LogP contribution is -2.12. The Morgan fingerprint density at radius 2 is 2.25 bits per heavy atom. The molecular weight excluding hydrogens is 200 g/mol. The van der Waals surface area contributed by atoms with Gasteiger partial charge in [0.25, 0.3) is 5.91 Å². The second-order valence-electron chi connectivity index (χ2n) is 4.38. The fourth-order valence-corrected chi connectivity index (χ4v) is 1.68. The van der Waals surface area contributed by atoms with Gasteiger partial charge in [-0.1, -0.05) is 25.5 Å². The molecule has 0 saturated heterocycles. The minimum atomic E-state index is -0.491. The molecule has 1 aliphatic rings. The summed E-state index contributed by atoms with van der Waals surface area (Å²) < 4.78 is 0. The third-order valence-electron chi connectivity index (χ3n) is 2.98. The van der Waals surface area contributed by atoms with Gasteiger partial charge in [-0.15, -0.1) is 0 Å². The van der Waals surface area contributed by atoms with Crippen LogP contribution in [0, 0.1) is 5.92 Å².